The summed E-state index contributed by atoms with van der Waals surface area (Å²) in [4.78, 5) is 28.0. The summed E-state index contributed by atoms with van der Waals surface area (Å²) in [6.07, 6.45) is 1.11. The average molecular weight is 423 g/mol. The van der Waals surface area contributed by atoms with Crippen molar-refractivity contribution in [3.05, 3.63) is 46.8 Å². The molecule has 9 heteroatoms. The Balaban J connectivity index is 1.99. The lowest BCUT2D eigenvalue weighted by molar-refractivity contribution is 0.0996. The van der Waals surface area contributed by atoms with E-state index in [1.165, 1.54) is 4.90 Å². The molecule has 3 N–H and O–H groups in total. The molecule has 1 aliphatic heterocycles. The minimum absolute atomic E-state index is 0.112. The van der Waals surface area contributed by atoms with E-state index in [0.717, 1.165) is 36.5 Å². The van der Waals surface area contributed by atoms with Crippen LogP contribution in [-0.4, -0.2) is 59.6 Å². The molecular formula is C22H30N8O. The number of rotatable bonds is 9. The molecule has 0 aliphatic carbocycles. The van der Waals surface area contributed by atoms with E-state index >= 15 is 0 Å². The van der Waals surface area contributed by atoms with Gasteiger partial charge in [-0.25, -0.2) is 9.97 Å². The first-order chi connectivity index (χ1) is 15.0. The standard InChI is InChI=1S/C22H30N8O/c1-5-28(6-2)20-11-15-16(18(27-20)12-25-4)13-30(22(15)31)19-10-8-9-17(26-19)21(24)29(7-3)14-23/h8-11,14,23-25H,5-7,12-13H2,1-4H3. The zero-order valence-corrected chi connectivity index (χ0v) is 18.6. The lowest BCUT2D eigenvalue weighted by atomic mass is 10.1. The van der Waals surface area contributed by atoms with Crippen LogP contribution < -0.4 is 15.1 Å². The summed E-state index contributed by atoms with van der Waals surface area (Å²) in [6.45, 7) is 9.09. The van der Waals surface area contributed by atoms with Crippen molar-refractivity contribution in [1.82, 2.24) is 20.2 Å². The number of fused-ring (bicyclic) bond motifs is 1. The molecule has 164 valence electrons. The van der Waals surface area contributed by atoms with Gasteiger partial charge in [0.1, 0.15) is 17.3 Å². The van der Waals surface area contributed by atoms with Gasteiger partial charge >= 0.3 is 0 Å². The van der Waals surface area contributed by atoms with Gasteiger partial charge in [-0.15, -0.1) is 0 Å². The maximum Gasteiger partial charge on any atom is 0.260 e. The summed E-state index contributed by atoms with van der Waals surface area (Å²) in [5.74, 6) is 1.31. The molecule has 0 atom stereocenters. The highest BCUT2D eigenvalue weighted by Gasteiger charge is 2.33. The SMILES string of the molecule is CCN(C=N)C(=N)c1cccc(N2Cc3c(cc(N(CC)CC)nc3CNC)C2=O)n1. The molecule has 2 aromatic rings. The summed E-state index contributed by atoms with van der Waals surface area (Å²) in [7, 11) is 1.87. The van der Waals surface area contributed by atoms with Gasteiger partial charge in [-0.05, 0) is 46.0 Å². The van der Waals surface area contributed by atoms with Crippen LogP contribution in [0.15, 0.2) is 24.3 Å². The predicted octanol–water partition coefficient (Wildman–Crippen LogP) is 2.46. The molecule has 0 saturated heterocycles. The molecule has 3 rings (SSSR count). The second-order valence-electron chi connectivity index (χ2n) is 7.19. The molecule has 0 fully saturated rings. The number of anilines is 2. The summed E-state index contributed by atoms with van der Waals surface area (Å²) < 4.78 is 0. The van der Waals surface area contributed by atoms with Crippen LogP contribution in [0.2, 0.25) is 0 Å². The Kier molecular flexibility index (Phi) is 6.96. The molecule has 9 nitrogen and oxygen atoms in total. The molecule has 3 heterocycles. The smallest absolute Gasteiger partial charge is 0.260 e. The Labute approximate surface area is 183 Å². The third kappa shape index (κ3) is 4.27. The van der Waals surface area contributed by atoms with Gasteiger partial charge in [0, 0.05) is 31.7 Å². The largest absolute Gasteiger partial charge is 0.357 e. The van der Waals surface area contributed by atoms with E-state index in [9.17, 15) is 4.79 Å². The van der Waals surface area contributed by atoms with Gasteiger partial charge in [0.2, 0.25) is 0 Å². The highest BCUT2D eigenvalue weighted by Crippen LogP contribution is 2.31. The molecule has 0 bridgehead atoms. The second-order valence-corrected chi connectivity index (χ2v) is 7.19. The molecule has 2 aromatic heterocycles. The van der Waals surface area contributed by atoms with Crippen molar-refractivity contribution in [3.8, 4) is 0 Å². The number of aromatic nitrogens is 2. The maximum absolute atomic E-state index is 13.4. The number of nitrogens with one attached hydrogen (secondary N) is 3. The number of nitrogens with zero attached hydrogens (tertiary/aromatic N) is 5. The number of carbonyl (C=O) groups excluding carboxylic acids is 1. The van der Waals surface area contributed by atoms with Crippen molar-refractivity contribution in [3.63, 3.8) is 0 Å². The van der Waals surface area contributed by atoms with Crippen molar-refractivity contribution in [2.75, 3.05) is 36.5 Å². The molecule has 0 unspecified atom stereocenters. The normalized spacial score (nSPS) is 12.6. The van der Waals surface area contributed by atoms with Gasteiger partial charge in [0.15, 0.2) is 5.84 Å². The van der Waals surface area contributed by atoms with E-state index in [1.54, 1.807) is 23.1 Å². The van der Waals surface area contributed by atoms with Crippen LogP contribution in [-0.2, 0) is 13.1 Å². The fraction of sp³-hybridized carbons (Fsp3) is 0.409. The third-order valence-corrected chi connectivity index (χ3v) is 5.46. The summed E-state index contributed by atoms with van der Waals surface area (Å²) in [5.41, 5.74) is 2.85. The first-order valence-corrected chi connectivity index (χ1v) is 10.6. The van der Waals surface area contributed by atoms with Crippen LogP contribution in [0.3, 0.4) is 0 Å². The zero-order chi connectivity index (χ0) is 22.5. The maximum atomic E-state index is 13.4. The predicted molar refractivity (Wildman–Crippen MR) is 123 cm³/mol. The summed E-state index contributed by atoms with van der Waals surface area (Å²) in [5, 5.41) is 19.0. The molecule has 0 aromatic carbocycles. The van der Waals surface area contributed by atoms with E-state index < -0.39 is 0 Å². The molecular weight excluding hydrogens is 392 g/mol. The quantitative estimate of drug-likeness (QED) is 0.423. The fourth-order valence-corrected chi connectivity index (χ4v) is 3.73. The van der Waals surface area contributed by atoms with Gasteiger partial charge in [-0.1, -0.05) is 6.07 Å². The number of amidine groups is 1. The van der Waals surface area contributed by atoms with Crippen molar-refractivity contribution >= 4 is 29.7 Å². The Hall–Kier alpha value is -3.33. The average Bonchev–Trinajstić information content (AvgIpc) is 3.12. The van der Waals surface area contributed by atoms with Crippen molar-refractivity contribution < 1.29 is 4.79 Å². The highest BCUT2D eigenvalue weighted by atomic mass is 16.2. The fourth-order valence-electron chi connectivity index (χ4n) is 3.73. The van der Waals surface area contributed by atoms with Crippen LogP contribution >= 0.6 is 0 Å². The van der Waals surface area contributed by atoms with Crippen LogP contribution in [0, 0.1) is 10.8 Å². The monoisotopic (exact) mass is 422 g/mol. The van der Waals surface area contributed by atoms with Crippen LogP contribution in [0.25, 0.3) is 0 Å². The number of carbonyl (C=O) groups is 1. The third-order valence-electron chi connectivity index (χ3n) is 5.46. The Morgan fingerprint density at radius 3 is 2.58 bits per heavy atom. The number of pyridine rings is 2. The summed E-state index contributed by atoms with van der Waals surface area (Å²) >= 11 is 0. The van der Waals surface area contributed by atoms with Crippen LogP contribution in [0.5, 0.6) is 0 Å². The molecule has 31 heavy (non-hydrogen) atoms. The van der Waals surface area contributed by atoms with Gasteiger partial charge in [0.05, 0.1) is 24.1 Å². The molecule has 1 amide bonds. The van der Waals surface area contributed by atoms with E-state index in [1.807, 2.05) is 20.0 Å². The van der Waals surface area contributed by atoms with E-state index in [4.69, 9.17) is 15.8 Å². The molecule has 0 radical (unpaired) electrons. The van der Waals surface area contributed by atoms with Crippen molar-refractivity contribution in [2.45, 2.75) is 33.9 Å². The Morgan fingerprint density at radius 2 is 1.97 bits per heavy atom. The van der Waals surface area contributed by atoms with Crippen molar-refractivity contribution in [2.24, 2.45) is 0 Å². The van der Waals surface area contributed by atoms with Crippen LogP contribution in [0.4, 0.5) is 11.6 Å². The summed E-state index contributed by atoms with van der Waals surface area (Å²) in [6, 6.07) is 7.16. The van der Waals surface area contributed by atoms with Gasteiger partial charge in [0.25, 0.3) is 5.91 Å². The number of hydrogen-bond donors (Lipinski definition) is 3. The lowest BCUT2D eigenvalue weighted by Crippen LogP contribution is -2.31. The van der Waals surface area contributed by atoms with E-state index in [2.05, 4.69) is 29.0 Å². The van der Waals surface area contributed by atoms with E-state index in [0.29, 0.717) is 36.7 Å². The molecule has 0 saturated carbocycles. The number of amides is 1. The van der Waals surface area contributed by atoms with E-state index in [-0.39, 0.29) is 11.7 Å². The van der Waals surface area contributed by atoms with Gasteiger partial charge < -0.3 is 15.1 Å². The van der Waals surface area contributed by atoms with Gasteiger partial charge in [-0.2, -0.15) is 0 Å². The molecule has 0 spiro atoms. The zero-order valence-electron chi connectivity index (χ0n) is 18.6. The minimum atomic E-state index is -0.112. The first-order valence-electron chi connectivity index (χ1n) is 10.6. The van der Waals surface area contributed by atoms with Crippen LogP contribution in [0.1, 0.15) is 48.1 Å². The Morgan fingerprint density at radius 1 is 1.23 bits per heavy atom. The molecule has 1 aliphatic rings. The highest BCUT2D eigenvalue weighted by molar-refractivity contribution is 6.10. The second kappa shape index (κ2) is 9.65. The van der Waals surface area contributed by atoms with Gasteiger partial charge in [-0.3, -0.25) is 20.5 Å². The topological polar surface area (TPSA) is 112 Å². The first kappa shape index (κ1) is 22.4. The lowest BCUT2D eigenvalue weighted by Gasteiger charge is -2.21. The number of hydrogen-bond acceptors (Lipinski definition) is 7. The Bertz CT molecular complexity index is 985. The minimum Gasteiger partial charge on any atom is -0.357 e. The van der Waals surface area contributed by atoms with Crippen molar-refractivity contribution in [1.29, 1.82) is 10.8 Å².